The molecule has 1 N–H and O–H groups in total. The lowest BCUT2D eigenvalue weighted by atomic mass is 10.2. The number of hydrogen-bond acceptors (Lipinski definition) is 4. The molecule has 6 heteroatoms. The average molecular weight is 282 g/mol. The second-order valence-corrected chi connectivity index (χ2v) is 5.33. The van der Waals surface area contributed by atoms with Gasteiger partial charge in [-0.05, 0) is 24.1 Å². The maximum Gasteiger partial charge on any atom is 0.239 e. The molecular formula is C12H12ClN3OS. The minimum Gasteiger partial charge on any atom is -0.303 e. The zero-order valence-corrected chi connectivity index (χ0v) is 11.3. The summed E-state index contributed by atoms with van der Waals surface area (Å²) in [7, 11) is 0. The maximum atomic E-state index is 11.4. The Labute approximate surface area is 115 Å². The topological polar surface area (TPSA) is 53.8 Å². The van der Waals surface area contributed by atoms with Gasteiger partial charge in [0.25, 0.3) is 0 Å². The van der Waals surface area contributed by atoms with Crippen LogP contribution in [-0.2, 0) is 4.79 Å². The van der Waals surface area contributed by atoms with Crippen LogP contribution >= 0.6 is 23.4 Å². The molecule has 1 unspecified atom stereocenters. The average Bonchev–Trinajstić information content (AvgIpc) is 2.72. The number of hydrogen-bond donors (Lipinski definition) is 1. The van der Waals surface area contributed by atoms with Crippen LogP contribution in [0.2, 0.25) is 5.02 Å². The number of amides is 1. The van der Waals surface area contributed by atoms with Crippen molar-refractivity contribution >= 4 is 40.7 Å². The molecule has 1 aliphatic heterocycles. The summed E-state index contributed by atoms with van der Waals surface area (Å²) in [5.41, 5.74) is 0.908. The summed E-state index contributed by atoms with van der Waals surface area (Å²) in [4.78, 5) is 11.4. The molecule has 4 nitrogen and oxygen atoms in total. The van der Waals surface area contributed by atoms with E-state index in [1.54, 1.807) is 18.3 Å². The Morgan fingerprint density at radius 3 is 2.78 bits per heavy atom. The van der Waals surface area contributed by atoms with Crippen molar-refractivity contribution in [3.8, 4) is 0 Å². The zero-order chi connectivity index (χ0) is 13.0. The van der Waals surface area contributed by atoms with Crippen molar-refractivity contribution in [2.24, 2.45) is 10.2 Å². The fraction of sp³-hybridized carbons (Fsp3) is 0.250. The molecule has 0 aliphatic carbocycles. The summed E-state index contributed by atoms with van der Waals surface area (Å²) in [6.45, 7) is 1.97. The van der Waals surface area contributed by atoms with E-state index in [4.69, 9.17) is 11.6 Å². The van der Waals surface area contributed by atoms with E-state index in [0.29, 0.717) is 10.2 Å². The Hall–Kier alpha value is -1.33. The third-order valence-corrected chi connectivity index (χ3v) is 3.86. The predicted molar refractivity (Wildman–Crippen MR) is 76.3 cm³/mol. The molecule has 0 radical (unpaired) electrons. The highest BCUT2D eigenvalue weighted by atomic mass is 35.5. The van der Waals surface area contributed by atoms with Crippen LogP contribution in [0.25, 0.3) is 0 Å². The molecule has 1 fully saturated rings. The van der Waals surface area contributed by atoms with Gasteiger partial charge in [-0.2, -0.15) is 5.10 Å². The first-order chi connectivity index (χ1) is 8.69. The van der Waals surface area contributed by atoms with Crippen molar-refractivity contribution in [1.29, 1.82) is 0 Å². The first kappa shape index (κ1) is 13.1. The summed E-state index contributed by atoms with van der Waals surface area (Å²) in [6.07, 6.45) is 2.41. The molecule has 0 spiro atoms. The van der Waals surface area contributed by atoms with E-state index in [9.17, 15) is 4.79 Å². The van der Waals surface area contributed by atoms with Crippen molar-refractivity contribution in [2.75, 3.05) is 0 Å². The summed E-state index contributed by atoms with van der Waals surface area (Å²) in [6, 6.07) is 7.27. The minimum atomic E-state index is -0.0468. The summed E-state index contributed by atoms with van der Waals surface area (Å²) in [5.74, 6) is 0.00272. The summed E-state index contributed by atoms with van der Waals surface area (Å²) >= 11 is 7.19. The van der Waals surface area contributed by atoms with Gasteiger partial charge < -0.3 is 5.32 Å². The van der Waals surface area contributed by atoms with Crippen LogP contribution in [0, 0.1) is 0 Å². The molecule has 1 aliphatic rings. The van der Waals surface area contributed by atoms with Gasteiger partial charge in [-0.1, -0.05) is 42.4 Å². The van der Waals surface area contributed by atoms with Crippen LogP contribution in [0.15, 0.2) is 34.5 Å². The number of rotatable bonds is 3. The Balaban J connectivity index is 1.99. The second-order valence-electron chi connectivity index (χ2n) is 3.71. The third kappa shape index (κ3) is 3.34. The van der Waals surface area contributed by atoms with Gasteiger partial charge >= 0.3 is 0 Å². The van der Waals surface area contributed by atoms with Gasteiger partial charge in [0.1, 0.15) is 0 Å². The molecule has 0 aromatic heterocycles. The normalized spacial score (nSPS) is 21.8. The van der Waals surface area contributed by atoms with Crippen LogP contribution < -0.4 is 5.32 Å². The first-order valence-corrected chi connectivity index (χ1v) is 6.79. The molecule has 1 saturated heterocycles. The van der Waals surface area contributed by atoms with E-state index in [1.807, 2.05) is 19.1 Å². The first-order valence-electron chi connectivity index (χ1n) is 5.53. The quantitative estimate of drug-likeness (QED) is 0.684. The molecule has 1 aromatic rings. The third-order valence-electron chi connectivity index (χ3n) is 2.37. The smallest absolute Gasteiger partial charge is 0.239 e. The van der Waals surface area contributed by atoms with Crippen molar-refractivity contribution in [3.63, 3.8) is 0 Å². The van der Waals surface area contributed by atoms with Crippen molar-refractivity contribution in [2.45, 2.75) is 18.6 Å². The Bertz CT molecular complexity index is 499. The number of nitrogens with one attached hydrogen (secondary N) is 1. The number of carbonyl (C=O) groups excluding carboxylic acids is 1. The SMILES string of the molecule is CCC1S/C(=N/N=C/c2ccc(Cl)cc2)NC1=O. The van der Waals surface area contributed by atoms with Crippen molar-refractivity contribution < 1.29 is 4.79 Å². The number of thioether (sulfide) groups is 1. The molecule has 1 amide bonds. The van der Waals surface area contributed by atoms with Crippen LogP contribution in [-0.4, -0.2) is 22.5 Å². The largest absolute Gasteiger partial charge is 0.303 e. The van der Waals surface area contributed by atoms with Crippen molar-refractivity contribution in [3.05, 3.63) is 34.9 Å². The highest BCUT2D eigenvalue weighted by Crippen LogP contribution is 2.21. The van der Waals surface area contributed by atoms with E-state index in [2.05, 4.69) is 15.5 Å². The maximum absolute atomic E-state index is 11.4. The lowest BCUT2D eigenvalue weighted by Crippen LogP contribution is -2.24. The van der Waals surface area contributed by atoms with Crippen LogP contribution in [0.4, 0.5) is 0 Å². The molecule has 1 aromatic carbocycles. The minimum absolute atomic E-state index is 0.00272. The number of nitrogens with zero attached hydrogens (tertiary/aromatic N) is 2. The number of amidine groups is 1. The highest BCUT2D eigenvalue weighted by molar-refractivity contribution is 8.15. The number of carbonyl (C=O) groups is 1. The molecule has 1 atom stereocenters. The standard InChI is InChI=1S/C12H12ClN3OS/c1-2-10-11(17)15-12(18-10)16-14-7-8-3-5-9(13)6-4-8/h3-7,10H,2H2,1H3,(H,15,16,17)/b14-7+. The van der Waals surface area contributed by atoms with Crippen LogP contribution in [0.1, 0.15) is 18.9 Å². The molecule has 2 rings (SSSR count). The Morgan fingerprint density at radius 1 is 1.44 bits per heavy atom. The van der Waals surface area contributed by atoms with E-state index in [0.717, 1.165) is 12.0 Å². The second kappa shape index (κ2) is 6.02. The lowest BCUT2D eigenvalue weighted by molar-refractivity contribution is -0.118. The molecular weight excluding hydrogens is 270 g/mol. The van der Waals surface area contributed by atoms with E-state index >= 15 is 0 Å². The van der Waals surface area contributed by atoms with Gasteiger partial charge in [-0.15, -0.1) is 5.10 Å². The number of benzene rings is 1. The van der Waals surface area contributed by atoms with E-state index < -0.39 is 0 Å². The molecule has 94 valence electrons. The van der Waals surface area contributed by atoms with Crippen LogP contribution in [0.3, 0.4) is 0 Å². The van der Waals surface area contributed by atoms with Gasteiger partial charge in [0.2, 0.25) is 5.91 Å². The summed E-state index contributed by atoms with van der Waals surface area (Å²) < 4.78 is 0. The molecule has 18 heavy (non-hydrogen) atoms. The lowest BCUT2D eigenvalue weighted by Gasteiger charge is -1.95. The fourth-order valence-electron chi connectivity index (χ4n) is 1.42. The monoisotopic (exact) mass is 281 g/mol. The van der Waals surface area contributed by atoms with Gasteiger partial charge in [-0.25, -0.2) is 0 Å². The summed E-state index contributed by atoms with van der Waals surface area (Å²) in [5, 5.41) is 11.8. The molecule has 1 heterocycles. The highest BCUT2D eigenvalue weighted by Gasteiger charge is 2.28. The van der Waals surface area contributed by atoms with Gasteiger partial charge in [0.15, 0.2) is 5.17 Å². The molecule has 0 saturated carbocycles. The van der Waals surface area contributed by atoms with Crippen LogP contribution in [0.5, 0.6) is 0 Å². The van der Waals surface area contributed by atoms with Crippen molar-refractivity contribution in [1.82, 2.24) is 5.32 Å². The number of halogens is 1. The van der Waals surface area contributed by atoms with E-state index in [-0.39, 0.29) is 11.2 Å². The predicted octanol–water partition coefficient (Wildman–Crippen LogP) is 2.67. The Morgan fingerprint density at radius 2 is 2.17 bits per heavy atom. The molecule has 0 bridgehead atoms. The van der Waals surface area contributed by atoms with Gasteiger partial charge in [-0.3, -0.25) is 4.79 Å². The zero-order valence-electron chi connectivity index (χ0n) is 9.76. The van der Waals surface area contributed by atoms with E-state index in [1.165, 1.54) is 11.8 Å². The van der Waals surface area contributed by atoms with Gasteiger partial charge in [0.05, 0.1) is 11.5 Å². The Kier molecular flexibility index (Phi) is 4.38. The fourth-order valence-corrected chi connectivity index (χ4v) is 2.40. The van der Waals surface area contributed by atoms with Gasteiger partial charge in [0, 0.05) is 5.02 Å².